The van der Waals surface area contributed by atoms with E-state index in [-0.39, 0.29) is 5.75 Å². The fourth-order valence-electron chi connectivity index (χ4n) is 1.88. The number of phenolic OH excluding ortho intramolecular Hbond substituents is 1. The molecule has 0 unspecified atom stereocenters. The van der Waals surface area contributed by atoms with Gasteiger partial charge in [-0.2, -0.15) is 0 Å². The lowest BCUT2D eigenvalue weighted by atomic mass is 10.1. The Kier molecular flexibility index (Phi) is 7.26. The van der Waals surface area contributed by atoms with E-state index in [0.29, 0.717) is 18.9 Å². The Hall–Kier alpha value is -1.22. The summed E-state index contributed by atoms with van der Waals surface area (Å²) in [6.07, 6.45) is 5.03. The highest BCUT2D eigenvalue weighted by atomic mass is 16.5. The molecule has 0 aromatic heterocycles. The Bertz CT molecular complexity index is 339. The van der Waals surface area contributed by atoms with Crippen molar-refractivity contribution in [1.29, 1.82) is 0 Å². The Balaban J connectivity index is 2.35. The Morgan fingerprint density at radius 1 is 1.17 bits per heavy atom. The van der Waals surface area contributed by atoms with Gasteiger partial charge in [0.05, 0.1) is 6.61 Å². The predicted octanol–water partition coefficient (Wildman–Crippen LogP) is 3.46. The number of ether oxygens (including phenoxy) is 1. The van der Waals surface area contributed by atoms with Crippen molar-refractivity contribution in [3.8, 4) is 11.5 Å². The van der Waals surface area contributed by atoms with Crippen molar-refractivity contribution in [2.75, 3.05) is 13.2 Å². The molecule has 0 aliphatic rings. The molecule has 0 atom stereocenters. The smallest absolute Gasteiger partial charge is 0.162 e. The molecule has 2 N–H and O–H groups in total. The van der Waals surface area contributed by atoms with E-state index in [9.17, 15) is 5.11 Å². The molecular weight excluding hydrogens is 226 g/mol. The summed E-state index contributed by atoms with van der Waals surface area (Å²) in [6.45, 7) is 6.39. The molecule has 0 radical (unpaired) electrons. The van der Waals surface area contributed by atoms with E-state index >= 15 is 0 Å². The minimum Gasteiger partial charge on any atom is -0.504 e. The molecule has 3 heteroatoms. The van der Waals surface area contributed by atoms with Gasteiger partial charge < -0.3 is 15.2 Å². The molecule has 1 rings (SSSR count). The second kappa shape index (κ2) is 8.81. The largest absolute Gasteiger partial charge is 0.504 e. The lowest BCUT2D eigenvalue weighted by Crippen LogP contribution is -2.14. The number of hydrogen-bond acceptors (Lipinski definition) is 3. The molecule has 0 spiro atoms. The molecule has 102 valence electrons. The fraction of sp³-hybridized carbons (Fsp3) is 0.600. The lowest BCUT2D eigenvalue weighted by molar-refractivity contribution is 0.316. The van der Waals surface area contributed by atoms with Crippen molar-refractivity contribution in [3.05, 3.63) is 23.8 Å². The molecular formula is C15H25NO2. The number of phenols is 1. The van der Waals surface area contributed by atoms with Gasteiger partial charge in [0.2, 0.25) is 0 Å². The first-order valence-corrected chi connectivity index (χ1v) is 6.94. The number of aromatic hydroxyl groups is 1. The van der Waals surface area contributed by atoms with Crippen molar-refractivity contribution in [2.45, 2.75) is 46.1 Å². The molecule has 0 amide bonds. The van der Waals surface area contributed by atoms with E-state index in [1.165, 1.54) is 25.7 Å². The van der Waals surface area contributed by atoms with Crippen LogP contribution in [0.15, 0.2) is 18.2 Å². The van der Waals surface area contributed by atoms with Crippen molar-refractivity contribution < 1.29 is 9.84 Å². The maximum absolute atomic E-state index is 10.00. The normalized spacial score (nSPS) is 10.6. The Morgan fingerprint density at radius 2 is 2.00 bits per heavy atom. The Morgan fingerprint density at radius 3 is 2.72 bits per heavy atom. The second-order valence-corrected chi connectivity index (χ2v) is 4.43. The minimum atomic E-state index is 0.264. The number of hydrogen-bond donors (Lipinski definition) is 2. The number of nitrogens with one attached hydrogen (secondary N) is 1. The predicted molar refractivity (Wildman–Crippen MR) is 75.1 cm³/mol. The number of unbranched alkanes of at least 4 members (excludes halogenated alkanes) is 3. The SMILES string of the molecule is CCCCCCNCc1cccc(OCC)c1O. The minimum absolute atomic E-state index is 0.264. The standard InChI is InChI=1S/C15H25NO2/c1-3-5-6-7-11-16-12-13-9-8-10-14(15(13)17)18-4-2/h8-10,16-17H,3-7,11-12H2,1-2H3. The quantitative estimate of drug-likeness (QED) is 0.660. The van der Waals surface area contributed by atoms with Crippen LogP contribution in [0.1, 0.15) is 45.1 Å². The van der Waals surface area contributed by atoms with E-state index in [4.69, 9.17) is 4.74 Å². The van der Waals surface area contributed by atoms with Crippen LogP contribution in [0.2, 0.25) is 0 Å². The van der Waals surface area contributed by atoms with Gasteiger partial charge in [0.25, 0.3) is 0 Å². The third-order valence-electron chi connectivity index (χ3n) is 2.90. The zero-order valence-corrected chi connectivity index (χ0v) is 11.5. The summed E-state index contributed by atoms with van der Waals surface area (Å²) in [5.41, 5.74) is 0.899. The summed E-state index contributed by atoms with van der Waals surface area (Å²) >= 11 is 0. The average molecular weight is 251 g/mol. The molecule has 0 heterocycles. The van der Waals surface area contributed by atoms with Crippen molar-refractivity contribution in [1.82, 2.24) is 5.32 Å². The van der Waals surface area contributed by atoms with Crippen molar-refractivity contribution >= 4 is 0 Å². The molecule has 0 saturated heterocycles. The average Bonchev–Trinajstić information content (AvgIpc) is 2.38. The third-order valence-corrected chi connectivity index (χ3v) is 2.90. The van der Waals surface area contributed by atoms with E-state index in [1.54, 1.807) is 6.07 Å². The van der Waals surface area contributed by atoms with E-state index < -0.39 is 0 Å². The number of para-hydroxylation sites is 1. The van der Waals surface area contributed by atoms with Gasteiger partial charge in [0.1, 0.15) is 0 Å². The molecule has 0 aliphatic heterocycles. The van der Waals surface area contributed by atoms with Crippen LogP contribution < -0.4 is 10.1 Å². The van der Waals surface area contributed by atoms with E-state index in [0.717, 1.165) is 12.1 Å². The monoisotopic (exact) mass is 251 g/mol. The summed E-state index contributed by atoms with van der Waals surface area (Å²) in [6, 6.07) is 5.64. The molecule has 3 nitrogen and oxygen atoms in total. The van der Waals surface area contributed by atoms with Crippen LogP contribution in [0.3, 0.4) is 0 Å². The second-order valence-electron chi connectivity index (χ2n) is 4.43. The van der Waals surface area contributed by atoms with Crippen LogP contribution in [0.4, 0.5) is 0 Å². The zero-order valence-electron chi connectivity index (χ0n) is 11.5. The highest BCUT2D eigenvalue weighted by molar-refractivity contribution is 5.45. The van der Waals surface area contributed by atoms with Crippen molar-refractivity contribution in [3.63, 3.8) is 0 Å². The van der Waals surface area contributed by atoms with Gasteiger partial charge in [-0.25, -0.2) is 0 Å². The van der Waals surface area contributed by atoms with Crippen LogP contribution in [0, 0.1) is 0 Å². The van der Waals surface area contributed by atoms with Crippen molar-refractivity contribution in [2.24, 2.45) is 0 Å². The van der Waals surface area contributed by atoms with Crippen LogP contribution in [0.25, 0.3) is 0 Å². The maximum Gasteiger partial charge on any atom is 0.162 e. The number of benzene rings is 1. The molecule has 0 saturated carbocycles. The van der Waals surface area contributed by atoms with Crippen LogP contribution in [0.5, 0.6) is 11.5 Å². The fourth-order valence-corrected chi connectivity index (χ4v) is 1.88. The molecule has 1 aromatic carbocycles. The topological polar surface area (TPSA) is 41.5 Å². The first-order valence-electron chi connectivity index (χ1n) is 6.94. The van der Waals surface area contributed by atoms with Gasteiger partial charge >= 0.3 is 0 Å². The molecule has 1 aromatic rings. The first-order chi connectivity index (χ1) is 8.79. The summed E-state index contributed by atoms with van der Waals surface area (Å²) in [5, 5.41) is 13.4. The molecule has 18 heavy (non-hydrogen) atoms. The van der Waals surface area contributed by atoms with Crippen LogP contribution >= 0.6 is 0 Å². The van der Waals surface area contributed by atoms with Gasteiger partial charge in [0.15, 0.2) is 11.5 Å². The maximum atomic E-state index is 10.00. The van der Waals surface area contributed by atoms with Gasteiger partial charge in [-0.3, -0.25) is 0 Å². The molecule has 0 aliphatic carbocycles. The Labute approximate surface area is 110 Å². The van der Waals surface area contributed by atoms with Gasteiger partial charge in [-0.15, -0.1) is 0 Å². The molecule has 0 bridgehead atoms. The van der Waals surface area contributed by atoms with Crippen LogP contribution in [-0.2, 0) is 6.54 Å². The molecule has 0 fully saturated rings. The van der Waals surface area contributed by atoms with E-state index in [1.807, 2.05) is 19.1 Å². The first kappa shape index (κ1) is 14.8. The number of rotatable bonds is 9. The highest BCUT2D eigenvalue weighted by Crippen LogP contribution is 2.29. The third kappa shape index (κ3) is 4.96. The summed E-state index contributed by atoms with van der Waals surface area (Å²) < 4.78 is 5.36. The van der Waals surface area contributed by atoms with Gasteiger partial charge in [-0.05, 0) is 26.0 Å². The van der Waals surface area contributed by atoms with Gasteiger partial charge in [0, 0.05) is 12.1 Å². The highest BCUT2D eigenvalue weighted by Gasteiger charge is 2.06. The van der Waals surface area contributed by atoms with E-state index in [2.05, 4.69) is 12.2 Å². The van der Waals surface area contributed by atoms with Crippen LogP contribution in [-0.4, -0.2) is 18.3 Å². The lowest BCUT2D eigenvalue weighted by Gasteiger charge is -2.10. The summed E-state index contributed by atoms with van der Waals surface area (Å²) in [7, 11) is 0. The summed E-state index contributed by atoms with van der Waals surface area (Å²) in [4.78, 5) is 0. The summed E-state index contributed by atoms with van der Waals surface area (Å²) in [5.74, 6) is 0.836. The van der Waals surface area contributed by atoms with Gasteiger partial charge in [-0.1, -0.05) is 38.3 Å². The zero-order chi connectivity index (χ0) is 13.2.